The molecule has 178 valence electrons. The van der Waals surface area contributed by atoms with Crippen LogP contribution in [0.3, 0.4) is 0 Å². The van der Waals surface area contributed by atoms with Gasteiger partial charge in [0.2, 0.25) is 0 Å². The summed E-state index contributed by atoms with van der Waals surface area (Å²) in [5.41, 5.74) is 3.43. The van der Waals surface area contributed by atoms with Crippen LogP contribution in [0.15, 0.2) is 78.9 Å². The van der Waals surface area contributed by atoms with E-state index in [-0.39, 0.29) is 11.3 Å². The van der Waals surface area contributed by atoms with Gasteiger partial charge in [0.05, 0.1) is 10.6 Å². The molecule has 9 heteroatoms. The predicted octanol–water partition coefficient (Wildman–Crippen LogP) is 5.33. The summed E-state index contributed by atoms with van der Waals surface area (Å²) in [5, 5.41) is 25.9. The van der Waals surface area contributed by atoms with Crippen molar-refractivity contribution in [2.75, 3.05) is 23.3 Å². The highest BCUT2D eigenvalue weighted by atomic mass is 16.6. The molecule has 1 fully saturated rings. The molecule has 4 aromatic carbocycles. The van der Waals surface area contributed by atoms with E-state index >= 15 is 0 Å². The van der Waals surface area contributed by atoms with Gasteiger partial charge in [-0.3, -0.25) is 14.9 Å². The molecule has 1 aliphatic rings. The molecule has 6 rings (SSSR count). The largest absolute Gasteiger partial charge is 0.366 e. The van der Waals surface area contributed by atoms with Crippen molar-refractivity contribution in [1.29, 1.82) is 0 Å². The van der Waals surface area contributed by atoms with Crippen molar-refractivity contribution in [3.63, 3.8) is 0 Å². The SMILES string of the molecule is O=C(Nc1ccc2nn(-c3cccc4ccccc34)nc2c1)c1ccc(N2CCCC2)c([N+](=O)[O-])c1. The first-order valence-electron chi connectivity index (χ1n) is 11.8. The number of fused-ring (bicyclic) bond motifs is 2. The maximum atomic E-state index is 12.9. The lowest BCUT2D eigenvalue weighted by Crippen LogP contribution is -2.19. The lowest BCUT2D eigenvalue weighted by atomic mass is 10.1. The second-order valence-electron chi connectivity index (χ2n) is 8.80. The number of amides is 1. The molecular formula is C27H22N6O3. The molecule has 0 spiro atoms. The number of aromatic nitrogens is 3. The van der Waals surface area contributed by atoms with E-state index in [0.29, 0.717) is 22.4 Å². The van der Waals surface area contributed by atoms with E-state index in [4.69, 9.17) is 0 Å². The Morgan fingerprint density at radius 2 is 1.64 bits per heavy atom. The molecule has 1 aromatic heterocycles. The van der Waals surface area contributed by atoms with Crippen molar-refractivity contribution in [2.45, 2.75) is 12.8 Å². The van der Waals surface area contributed by atoms with Crippen LogP contribution in [0.25, 0.3) is 27.5 Å². The zero-order valence-electron chi connectivity index (χ0n) is 19.3. The minimum atomic E-state index is -0.428. The van der Waals surface area contributed by atoms with Gasteiger partial charge in [0.25, 0.3) is 11.6 Å². The number of nitrogens with one attached hydrogen (secondary N) is 1. The molecule has 1 amide bonds. The van der Waals surface area contributed by atoms with Crippen LogP contribution in [-0.2, 0) is 0 Å². The number of hydrogen-bond acceptors (Lipinski definition) is 6. The normalized spacial score (nSPS) is 13.4. The van der Waals surface area contributed by atoms with Gasteiger partial charge in [-0.15, -0.1) is 15.0 Å². The van der Waals surface area contributed by atoms with E-state index in [1.807, 2.05) is 47.4 Å². The first kappa shape index (κ1) is 21.7. The molecule has 36 heavy (non-hydrogen) atoms. The van der Waals surface area contributed by atoms with Crippen molar-refractivity contribution in [3.8, 4) is 5.69 Å². The lowest BCUT2D eigenvalue weighted by molar-refractivity contribution is -0.384. The Morgan fingerprint density at radius 1 is 0.861 bits per heavy atom. The van der Waals surface area contributed by atoms with E-state index in [9.17, 15) is 14.9 Å². The quantitative estimate of drug-likeness (QED) is 0.270. The van der Waals surface area contributed by atoms with Crippen LogP contribution in [0.4, 0.5) is 17.1 Å². The molecule has 0 saturated carbocycles. The van der Waals surface area contributed by atoms with Crippen LogP contribution in [0.1, 0.15) is 23.2 Å². The fourth-order valence-corrected chi connectivity index (χ4v) is 4.72. The molecular weight excluding hydrogens is 456 g/mol. The van der Waals surface area contributed by atoms with Crippen LogP contribution in [0.5, 0.6) is 0 Å². The Kier molecular flexibility index (Phi) is 5.29. The van der Waals surface area contributed by atoms with Crippen LogP contribution >= 0.6 is 0 Å². The molecule has 1 saturated heterocycles. The Hall–Kier alpha value is -4.79. The van der Waals surface area contributed by atoms with E-state index < -0.39 is 10.8 Å². The molecule has 5 aromatic rings. The molecule has 0 radical (unpaired) electrons. The summed E-state index contributed by atoms with van der Waals surface area (Å²) < 4.78 is 0. The molecule has 0 unspecified atom stereocenters. The van der Waals surface area contributed by atoms with Gasteiger partial charge in [-0.05, 0) is 54.6 Å². The summed E-state index contributed by atoms with van der Waals surface area (Å²) in [6.07, 6.45) is 2.01. The minimum absolute atomic E-state index is 0.0574. The predicted molar refractivity (Wildman–Crippen MR) is 139 cm³/mol. The third-order valence-electron chi connectivity index (χ3n) is 6.50. The van der Waals surface area contributed by atoms with Gasteiger partial charge in [-0.25, -0.2) is 0 Å². The number of anilines is 2. The summed E-state index contributed by atoms with van der Waals surface area (Å²) in [7, 11) is 0. The number of benzene rings is 4. The Labute approximate surface area is 206 Å². The van der Waals surface area contributed by atoms with Crippen molar-refractivity contribution >= 4 is 44.8 Å². The first-order valence-corrected chi connectivity index (χ1v) is 11.8. The minimum Gasteiger partial charge on any atom is -0.366 e. The highest BCUT2D eigenvalue weighted by molar-refractivity contribution is 6.05. The number of nitrogens with zero attached hydrogens (tertiary/aromatic N) is 5. The molecule has 0 bridgehead atoms. The van der Waals surface area contributed by atoms with Gasteiger partial charge in [0.15, 0.2) is 0 Å². The highest BCUT2D eigenvalue weighted by Gasteiger charge is 2.24. The van der Waals surface area contributed by atoms with E-state index in [1.165, 1.54) is 6.07 Å². The standard InChI is InChI=1S/C27H22N6O3/c34-27(19-10-13-25(26(16-19)33(35)36)31-14-3-4-15-31)28-20-11-12-22-23(17-20)30-32(29-22)24-9-5-7-18-6-1-2-8-21(18)24/h1-2,5-13,16-17H,3-4,14-15H2,(H,28,34). The number of carbonyl (C=O) groups is 1. The van der Waals surface area contributed by atoms with Gasteiger partial charge in [-0.2, -0.15) is 0 Å². The summed E-state index contributed by atoms with van der Waals surface area (Å²) in [6, 6.07) is 23.9. The molecule has 1 aliphatic heterocycles. The molecule has 1 N–H and O–H groups in total. The van der Waals surface area contributed by atoms with Crippen molar-refractivity contribution in [2.24, 2.45) is 0 Å². The lowest BCUT2D eigenvalue weighted by Gasteiger charge is -2.17. The molecule has 0 atom stereocenters. The van der Waals surface area contributed by atoms with Crippen LogP contribution in [0.2, 0.25) is 0 Å². The average Bonchev–Trinajstić information content (AvgIpc) is 3.58. The maximum Gasteiger partial charge on any atom is 0.293 e. The van der Waals surface area contributed by atoms with Crippen LogP contribution in [0, 0.1) is 10.1 Å². The second kappa shape index (κ2) is 8.77. The first-order chi connectivity index (χ1) is 17.6. The molecule has 0 aliphatic carbocycles. The Bertz CT molecular complexity index is 1630. The Balaban J connectivity index is 1.28. The topological polar surface area (TPSA) is 106 Å². The average molecular weight is 479 g/mol. The second-order valence-corrected chi connectivity index (χ2v) is 8.80. The summed E-state index contributed by atoms with van der Waals surface area (Å²) in [4.78, 5) is 27.8. The Morgan fingerprint density at radius 3 is 2.47 bits per heavy atom. The smallest absolute Gasteiger partial charge is 0.293 e. The van der Waals surface area contributed by atoms with Gasteiger partial charge in [0.1, 0.15) is 16.7 Å². The number of rotatable bonds is 5. The maximum absolute atomic E-state index is 12.9. The van der Waals surface area contributed by atoms with Crippen molar-refractivity contribution < 1.29 is 9.72 Å². The van der Waals surface area contributed by atoms with Gasteiger partial charge in [-0.1, -0.05) is 36.4 Å². The summed E-state index contributed by atoms with van der Waals surface area (Å²) in [5.74, 6) is -0.424. The fraction of sp³-hybridized carbons (Fsp3) is 0.148. The van der Waals surface area contributed by atoms with E-state index in [2.05, 4.69) is 15.5 Å². The number of nitro groups is 1. The highest BCUT2D eigenvalue weighted by Crippen LogP contribution is 2.32. The van der Waals surface area contributed by atoms with E-state index in [1.54, 1.807) is 35.1 Å². The number of nitro benzene ring substituents is 1. The van der Waals surface area contributed by atoms with Gasteiger partial charge < -0.3 is 10.2 Å². The van der Waals surface area contributed by atoms with Crippen molar-refractivity contribution in [3.05, 3.63) is 94.5 Å². The summed E-state index contributed by atoms with van der Waals surface area (Å²) >= 11 is 0. The van der Waals surface area contributed by atoms with E-state index in [0.717, 1.165) is 42.4 Å². The van der Waals surface area contributed by atoms with Crippen molar-refractivity contribution in [1.82, 2.24) is 15.0 Å². The third-order valence-corrected chi connectivity index (χ3v) is 6.50. The van der Waals surface area contributed by atoms with Crippen LogP contribution in [-0.4, -0.2) is 38.9 Å². The third kappa shape index (κ3) is 3.90. The zero-order chi connectivity index (χ0) is 24.6. The van der Waals surface area contributed by atoms with Crippen LogP contribution < -0.4 is 10.2 Å². The molecule has 9 nitrogen and oxygen atoms in total. The summed E-state index contributed by atoms with van der Waals surface area (Å²) in [6.45, 7) is 1.57. The van der Waals surface area contributed by atoms with Gasteiger partial charge in [0, 0.05) is 35.8 Å². The monoisotopic (exact) mass is 478 g/mol. The number of carbonyl (C=O) groups excluding carboxylic acids is 1. The van der Waals surface area contributed by atoms with Gasteiger partial charge >= 0.3 is 0 Å². The zero-order valence-corrected chi connectivity index (χ0v) is 19.3. The molecule has 2 heterocycles. The fourth-order valence-electron chi connectivity index (χ4n) is 4.72. The number of hydrogen-bond donors (Lipinski definition) is 1.